The van der Waals surface area contributed by atoms with Crippen molar-refractivity contribution in [1.29, 1.82) is 0 Å². The van der Waals surface area contributed by atoms with Gasteiger partial charge in [-0.15, -0.1) is 0 Å². The van der Waals surface area contributed by atoms with Crippen molar-refractivity contribution < 1.29 is 14.1 Å². The number of aromatic nitrogens is 3. The fourth-order valence-corrected chi connectivity index (χ4v) is 3.89. The zero-order valence-corrected chi connectivity index (χ0v) is 18.8. The molecular weight excluding hydrogens is 444 g/mol. The Balaban J connectivity index is 1.23. The highest BCUT2D eigenvalue weighted by molar-refractivity contribution is 6.30. The summed E-state index contributed by atoms with van der Waals surface area (Å²) in [6, 6.07) is 10.8. The van der Waals surface area contributed by atoms with E-state index in [-0.39, 0.29) is 17.7 Å². The van der Waals surface area contributed by atoms with E-state index in [0.29, 0.717) is 48.2 Å². The van der Waals surface area contributed by atoms with Crippen LogP contribution in [0.25, 0.3) is 11.4 Å². The molecule has 3 heterocycles. The molecule has 3 aromatic rings. The Hall–Kier alpha value is -3.46. The van der Waals surface area contributed by atoms with Gasteiger partial charge in [0.05, 0.1) is 17.8 Å². The van der Waals surface area contributed by atoms with E-state index in [1.54, 1.807) is 18.3 Å². The molecule has 172 valence electrons. The molecular formula is C23H25ClN6O3. The van der Waals surface area contributed by atoms with Gasteiger partial charge in [-0.05, 0) is 55.7 Å². The maximum atomic E-state index is 12.3. The van der Waals surface area contributed by atoms with Gasteiger partial charge in [-0.2, -0.15) is 4.98 Å². The maximum Gasteiger partial charge on any atom is 0.226 e. The van der Waals surface area contributed by atoms with Crippen molar-refractivity contribution in [2.45, 2.75) is 32.1 Å². The topological polar surface area (TPSA) is 127 Å². The first-order valence-electron chi connectivity index (χ1n) is 10.9. The fraction of sp³-hybridized carbons (Fsp3) is 0.348. The Kier molecular flexibility index (Phi) is 7.19. The summed E-state index contributed by atoms with van der Waals surface area (Å²) in [7, 11) is 0. The first kappa shape index (κ1) is 22.7. The molecule has 3 N–H and O–H groups in total. The molecule has 2 amide bonds. The van der Waals surface area contributed by atoms with Crippen molar-refractivity contribution >= 4 is 34.9 Å². The summed E-state index contributed by atoms with van der Waals surface area (Å²) < 4.78 is 5.27. The standard InChI is InChI=1S/C23H25ClN6O3/c24-17-8-6-15(7-9-17)23-28-21(33-29-23)5-1-4-20(31)27-18-10-11-19(26-13-18)30-12-2-3-16(14-30)22(25)32/h6-11,13,16H,1-5,12,14H2,(H2,25,32)(H,27,31). The van der Waals surface area contributed by atoms with Gasteiger partial charge in [-0.3, -0.25) is 9.59 Å². The minimum absolute atomic E-state index is 0.117. The number of amides is 2. The highest BCUT2D eigenvalue weighted by Crippen LogP contribution is 2.23. The number of pyridine rings is 1. The van der Waals surface area contributed by atoms with E-state index >= 15 is 0 Å². The number of nitrogens with zero attached hydrogens (tertiary/aromatic N) is 4. The van der Waals surface area contributed by atoms with Crippen molar-refractivity contribution in [3.8, 4) is 11.4 Å². The van der Waals surface area contributed by atoms with Crippen molar-refractivity contribution in [1.82, 2.24) is 15.1 Å². The summed E-state index contributed by atoms with van der Waals surface area (Å²) >= 11 is 5.90. The molecule has 1 fully saturated rings. The minimum Gasteiger partial charge on any atom is -0.369 e. The zero-order chi connectivity index (χ0) is 23.2. The van der Waals surface area contributed by atoms with Crippen molar-refractivity contribution in [2.75, 3.05) is 23.3 Å². The van der Waals surface area contributed by atoms with Crippen LogP contribution < -0.4 is 16.0 Å². The lowest BCUT2D eigenvalue weighted by Crippen LogP contribution is -2.41. The Bertz CT molecular complexity index is 1100. The summed E-state index contributed by atoms with van der Waals surface area (Å²) in [5, 5.41) is 7.46. The van der Waals surface area contributed by atoms with E-state index in [1.165, 1.54) is 0 Å². The van der Waals surface area contributed by atoms with Gasteiger partial charge in [0.15, 0.2) is 0 Å². The average Bonchev–Trinajstić information content (AvgIpc) is 3.29. The molecule has 1 unspecified atom stereocenters. The lowest BCUT2D eigenvalue weighted by Gasteiger charge is -2.32. The molecule has 33 heavy (non-hydrogen) atoms. The number of hydrogen-bond acceptors (Lipinski definition) is 7. The van der Waals surface area contributed by atoms with E-state index in [4.69, 9.17) is 21.9 Å². The normalized spacial score (nSPS) is 15.9. The van der Waals surface area contributed by atoms with Crippen LogP contribution in [0.2, 0.25) is 5.02 Å². The molecule has 10 heteroatoms. The summed E-state index contributed by atoms with van der Waals surface area (Å²) in [6.07, 6.45) is 4.72. The van der Waals surface area contributed by atoms with Gasteiger partial charge in [-0.1, -0.05) is 16.8 Å². The highest BCUT2D eigenvalue weighted by Gasteiger charge is 2.24. The first-order valence-corrected chi connectivity index (χ1v) is 11.2. The number of nitrogens with one attached hydrogen (secondary N) is 1. The number of hydrogen-bond donors (Lipinski definition) is 2. The largest absolute Gasteiger partial charge is 0.369 e. The second-order valence-corrected chi connectivity index (χ2v) is 8.45. The number of primary amides is 1. The third-order valence-electron chi connectivity index (χ3n) is 5.54. The van der Waals surface area contributed by atoms with Crippen LogP contribution >= 0.6 is 11.6 Å². The number of nitrogens with two attached hydrogens (primary N) is 1. The van der Waals surface area contributed by atoms with Crippen LogP contribution in [0.4, 0.5) is 11.5 Å². The number of carbonyl (C=O) groups is 2. The monoisotopic (exact) mass is 468 g/mol. The SMILES string of the molecule is NC(=O)C1CCCN(c2ccc(NC(=O)CCCc3nc(-c4ccc(Cl)cc4)no3)cn2)C1. The van der Waals surface area contributed by atoms with Crippen LogP contribution in [0, 0.1) is 5.92 Å². The number of carbonyl (C=O) groups excluding carboxylic acids is 2. The Morgan fingerprint density at radius 3 is 2.76 bits per heavy atom. The number of aryl methyl sites for hydroxylation is 1. The third-order valence-corrected chi connectivity index (χ3v) is 5.80. The molecule has 0 saturated carbocycles. The Morgan fingerprint density at radius 1 is 1.21 bits per heavy atom. The Labute approximate surface area is 196 Å². The number of anilines is 2. The molecule has 1 atom stereocenters. The average molecular weight is 469 g/mol. The van der Waals surface area contributed by atoms with Gasteiger partial charge in [0, 0.05) is 36.5 Å². The summed E-state index contributed by atoms with van der Waals surface area (Å²) in [6.45, 7) is 1.40. The number of halogens is 1. The molecule has 2 aromatic heterocycles. The van der Waals surface area contributed by atoms with E-state index in [9.17, 15) is 9.59 Å². The van der Waals surface area contributed by atoms with Crippen LogP contribution in [-0.4, -0.2) is 40.0 Å². The van der Waals surface area contributed by atoms with Crippen LogP contribution in [0.1, 0.15) is 31.6 Å². The lowest BCUT2D eigenvalue weighted by molar-refractivity contribution is -0.122. The summed E-state index contributed by atoms with van der Waals surface area (Å²) in [5.41, 5.74) is 6.88. The van der Waals surface area contributed by atoms with Crippen molar-refractivity contribution in [3.63, 3.8) is 0 Å². The van der Waals surface area contributed by atoms with Gasteiger partial charge < -0.3 is 20.5 Å². The molecule has 0 radical (unpaired) electrons. The smallest absolute Gasteiger partial charge is 0.226 e. The number of benzene rings is 1. The third kappa shape index (κ3) is 6.07. The quantitative estimate of drug-likeness (QED) is 0.518. The van der Waals surface area contributed by atoms with E-state index in [2.05, 4.69) is 20.4 Å². The molecule has 1 aliphatic rings. The number of piperidine rings is 1. The predicted octanol–water partition coefficient (Wildman–Crippen LogP) is 3.45. The van der Waals surface area contributed by atoms with E-state index < -0.39 is 0 Å². The highest BCUT2D eigenvalue weighted by atomic mass is 35.5. The molecule has 0 aliphatic carbocycles. The minimum atomic E-state index is -0.273. The van der Waals surface area contributed by atoms with Gasteiger partial charge >= 0.3 is 0 Å². The van der Waals surface area contributed by atoms with Gasteiger partial charge in [0.25, 0.3) is 0 Å². The molecule has 1 saturated heterocycles. The van der Waals surface area contributed by atoms with Crippen LogP contribution in [0.15, 0.2) is 47.1 Å². The number of rotatable bonds is 8. The van der Waals surface area contributed by atoms with E-state index in [0.717, 1.165) is 30.8 Å². The summed E-state index contributed by atoms with van der Waals surface area (Å²) in [4.78, 5) is 34.6. The summed E-state index contributed by atoms with van der Waals surface area (Å²) in [5.74, 6) is 1.20. The molecule has 1 aromatic carbocycles. The second-order valence-electron chi connectivity index (χ2n) is 8.01. The van der Waals surface area contributed by atoms with Crippen LogP contribution in [0.5, 0.6) is 0 Å². The zero-order valence-electron chi connectivity index (χ0n) is 18.0. The maximum absolute atomic E-state index is 12.3. The molecule has 9 nitrogen and oxygen atoms in total. The molecule has 4 rings (SSSR count). The molecule has 1 aliphatic heterocycles. The predicted molar refractivity (Wildman–Crippen MR) is 125 cm³/mol. The molecule has 0 spiro atoms. The molecule has 0 bridgehead atoms. The van der Waals surface area contributed by atoms with Gasteiger partial charge in [0.2, 0.25) is 23.5 Å². The van der Waals surface area contributed by atoms with Crippen LogP contribution in [0.3, 0.4) is 0 Å². The van der Waals surface area contributed by atoms with Crippen molar-refractivity contribution in [2.24, 2.45) is 11.7 Å². The fourth-order valence-electron chi connectivity index (χ4n) is 3.76. The Morgan fingerprint density at radius 2 is 2.03 bits per heavy atom. The van der Waals surface area contributed by atoms with Crippen LogP contribution in [-0.2, 0) is 16.0 Å². The van der Waals surface area contributed by atoms with Crippen molar-refractivity contribution in [3.05, 3.63) is 53.5 Å². The second kappa shape index (κ2) is 10.4. The lowest BCUT2D eigenvalue weighted by atomic mass is 9.97. The van der Waals surface area contributed by atoms with Gasteiger partial charge in [0.1, 0.15) is 5.82 Å². The first-order chi connectivity index (χ1) is 16.0. The van der Waals surface area contributed by atoms with E-state index in [1.807, 2.05) is 29.2 Å². The van der Waals surface area contributed by atoms with Gasteiger partial charge in [-0.25, -0.2) is 4.98 Å².